The molecule has 0 unspecified atom stereocenters. The van der Waals surface area contributed by atoms with E-state index in [0.29, 0.717) is 35.7 Å². The van der Waals surface area contributed by atoms with E-state index >= 15 is 0 Å². The van der Waals surface area contributed by atoms with Gasteiger partial charge in [-0.3, -0.25) is 0 Å². The van der Waals surface area contributed by atoms with Crippen LogP contribution in [0.15, 0.2) is 48.9 Å². The van der Waals surface area contributed by atoms with Gasteiger partial charge in [0.15, 0.2) is 5.65 Å². The van der Waals surface area contributed by atoms with Gasteiger partial charge >= 0.3 is 0 Å². The Kier molecular flexibility index (Phi) is 4.01. The molecule has 2 heterocycles. The van der Waals surface area contributed by atoms with E-state index < -0.39 is 0 Å². The molecule has 0 fully saturated rings. The Hall–Kier alpha value is -2.83. The number of benzene rings is 1. The van der Waals surface area contributed by atoms with Crippen molar-refractivity contribution in [2.75, 3.05) is 11.9 Å². The maximum Gasteiger partial charge on any atom is 0.151 e. The molecule has 7 heteroatoms. The zero-order chi connectivity index (χ0) is 16.4. The molecule has 1 aromatic carbocycles. The number of fused-ring (bicyclic) bond motifs is 1. The van der Waals surface area contributed by atoms with Crippen molar-refractivity contribution in [1.82, 2.24) is 14.6 Å². The van der Waals surface area contributed by atoms with Gasteiger partial charge in [-0.05, 0) is 17.6 Å². The number of aliphatic hydroxyl groups is 1. The monoisotopic (exact) mass is 310 g/mol. The number of anilines is 1. The van der Waals surface area contributed by atoms with E-state index in [9.17, 15) is 9.50 Å². The molecule has 0 bridgehead atoms. The van der Waals surface area contributed by atoms with Gasteiger partial charge in [0.05, 0.1) is 11.5 Å². The molecule has 0 atom stereocenters. The fourth-order valence-electron chi connectivity index (χ4n) is 2.34. The largest absolute Gasteiger partial charge is 0.513 e. The molecule has 0 aliphatic rings. The van der Waals surface area contributed by atoms with Crippen LogP contribution in [0.5, 0.6) is 0 Å². The van der Waals surface area contributed by atoms with Gasteiger partial charge in [0.2, 0.25) is 0 Å². The Bertz CT molecular complexity index is 878. The standard InChI is InChI=1S/C16H16BFN4O/c1-10(23)6-7-19-15-8-14(11-4-2-3-5-13(11)18)21-16-12(17)9-20-22(15)16/h2-5,8-9,19,23H,1,6-7,17H2. The fourth-order valence-corrected chi connectivity index (χ4v) is 2.34. The highest BCUT2D eigenvalue weighted by Crippen LogP contribution is 2.24. The summed E-state index contributed by atoms with van der Waals surface area (Å²) in [6.07, 6.45) is 2.13. The number of halogens is 1. The lowest BCUT2D eigenvalue weighted by atomic mass is 10.0. The Morgan fingerprint density at radius 2 is 2.17 bits per heavy atom. The van der Waals surface area contributed by atoms with Crippen molar-refractivity contribution in [3.63, 3.8) is 0 Å². The summed E-state index contributed by atoms with van der Waals surface area (Å²) < 4.78 is 15.7. The molecule has 0 spiro atoms. The molecule has 0 radical (unpaired) electrons. The van der Waals surface area contributed by atoms with E-state index in [-0.39, 0.29) is 11.6 Å². The number of nitrogens with one attached hydrogen (secondary N) is 1. The lowest BCUT2D eigenvalue weighted by Crippen LogP contribution is -2.11. The van der Waals surface area contributed by atoms with E-state index in [1.807, 2.05) is 7.85 Å². The molecule has 0 saturated heterocycles. The molecule has 2 aromatic heterocycles. The van der Waals surface area contributed by atoms with E-state index in [4.69, 9.17) is 0 Å². The molecule has 5 nitrogen and oxygen atoms in total. The van der Waals surface area contributed by atoms with Crippen molar-refractivity contribution >= 4 is 24.8 Å². The Morgan fingerprint density at radius 3 is 2.91 bits per heavy atom. The van der Waals surface area contributed by atoms with Crippen molar-refractivity contribution in [1.29, 1.82) is 0 Å². The lowest BCUT2D eigenvalue weighted by molar-refractivity contribution is 0.395. The molecular weight excluding hydrogens is 294 g/mol. The van der Waals surface area contributed by atoms with Crippen LogP contribution in [0.4, 0.5) is 10.2 Å². The first-order valence-electron chi connectivity index (χ1n) is 7.27. The third-order valence-electron chi connectivity index (χ3n) is 3.52. The minimum atomic E-state index is -0.323. The van der Waals surface area contributed by atoms with Crippen LogP contribution in [0.25, 0.3) is 16.9 Å². The second-order valence-corrected chi connectivity index (χ2v) is 5.31. The SMILES string of the molecule is Bc1cnn2c(NCCC(=C)O)cc(-c3ccccc3F)nc12. The van der Waals surface area contributed by atoms with Gasteiger partial charge in [-0.25, -0.2) is 9.37 Å². The second-order valence-electron chi connectivity index (χ2n) is 5.31. The summed E-state index contributed by atoms with van der Waals surface area (Å²) in [7, 11) is 1.90. The summed E-state index contributed by atoms with van der Waals surface area (Å²) in [6, 6.07) is 8.27. The fraction of sp³-hybridized carbons (Fsp3) is 0.125. The summed E-state index contributed by atoms with van der Waals surface area (Å²) in [6.45, 7) is 3.95. The summed E-state index contributed by atoms with van der Waals surface area (Å²) in [5.74, 6) is 0.465. The zero-order valence-electron chi connectivity index (χ0n) is 12.8. The van der Waals surface area contributed by atoms with E-state index in [2.05, 4.69) is 22.0 Å². The Morgan fingerprint density at radius 1 is 1.39 bits per heavy atom. The number of nitrogens with zero attached hydrogens (tertiary/aromatic N) is 3. The van der Waals surface area contributed by atoms with Crippen LogP contribution < -0.4 is 10.8 Å². The maximum atomic E-state index is 14.1. The maximum absolute atomic E-state index is 14.1. The molecular formula is C16H16BFN4O. The van der Waals surface area contributed by atoms with Gasteiger partial charge in [-0.15, -0.1) is 0 Å². The highest BCUT2D eigenvalue weighted by atomic mass is 19.1. The smallest absolute Gasteiger partial charge is 0.151 e. The molecule has 3 aromatic rings. The van der Waals surface area contributed by atoms with Crippen molar-refractivity contribution < 1.29 is 9.50 Å². The number of rotatable bonds is 5. The van der Waals surface area contributed by atoms with Crippen LogP contribution in [0.1, 0.15) is 6.42 Å². The zero-order valence-corrected chi connectivity index (χ0v) is 12.8. The van der Waals surface area contributed by atoms with Gasteiger partial charge in [0.1, 0.15) is 19.5 Å². The van der Waals surface area contributed by atoms with Crippen LogP contribution in [0.3, 0.4) is 0 Å². The van der Waals surface area contributed by atoms with Crippen LogP contribution in [0.2, 0.25) is 0 Å². The molecule has 3 rings (SSSR count). The van der Waals surface area contributed by atoms with Crippen molar-refractivity contribution in [2.45, 2.75) is 6.42 Å². The minimum absolute atomic E-state index is 0.105. The number of aliphatic hydroxyl groups excluding tert-OH is 1. The van der Waals surface area contributed by atoms with Gasteiger partial charge < -0.3 is 10.4 Å². The van der Waals surface area contributed by atoms with E-state index in [1.54, 1.807) is 35.0 Å². The molecule has 0 amide bonds. The average Bonchev–Trinajstić information content (AvgIpc) is 2.89. The van der Waals surface area contributed by atoms with E-state index in [1.165, 1.54) is 6.07 Å². The number of aromatic nitrogens is 3. The minimum Gasteiger partial charge on any atom is -0.513 e. The summed E-state index contributed by atoms with van der Waals surface area (Å²) in [5, 5.41) is 16.7. The lowest BCUT2D eigenvalue weighted by Gasteiger charge is -2.11. The Balaban J connectivity index is 2.07. The summed E-state index contributed by atoms with van der Waals surface area (Å²) in [4.78, 5) is 4.52. The first-order chi connectivity index (χ1) is 11.1. The van der Waals surface area contributed by atoms with Gasteiger partial charge in [-0.1, -0.05) is 18.7 Å². The molecule has 0 aliphatic carbocycles. The second kappa shape index (κ2) is 6.12. The first kappa shape index (κ1) is 15.1. The van der Waals surface area contributed by atoms with Crippen molar-refractivity contribution in [2.24, 2.45) is 0 Å². The van der Waals surface area contributed by atoms with E-state index in [0.717, 1.165) is 5.46 Å². The van der Waals surface area contributed by atoms with Crippen molar-refractivity contribution in [3.8, 4) is 11.3 Å². The van der Waals surface area contributed by atoms with Gasteiger partial charge in [0.25, 0.3) is 0 Å². The average molecular weight is 310 g/mol. The first-order valence-corrected chi connectivity index (χ1v) is 7.27. The van der Waals surface area contributed by atoms with Crippen LogP contribution in [0, 0.1) is 5.82 Å². The highest BCUT2D eigenvalue weighted by Gasteiger charge is 2.12. The number of hydrogen-bond donors (Lipinski definition) is 2. The summed E-state index contributed by atoms with van der Waals surface area (Å²) in [5.41, 5.74) is 2.53. The molecule has 0 aliphatic heterocycles. The molecule has 23 heavy (non-hydrogen) atoms. The van der Waals surface area contributed by atoms with Gasteiger partial charge in [-0.2, -0.15) is 9.61 Å². The molecule has 2 N–H and O–H groups in total. The molecule has 0 saturated carbocycles. The van der Waals surface area contributed by atoms with Crippen LogP contribution in [-0.2, 0) is 0 Å². The highest BCUT2D eigenvalue weighted by molar-refractivity contribution is 6.36. The van der Waals surface area contributed by atoms with Crippen LogP contribution in [-0.4, -0.2) is 34.1 Å². The third-order valence-corrected chi connectivity index (χ3v) is 3.52. The van der Waals surface area contributed by atoms with Crippen LogP contribution >= 0.6 is 0 Å². The summed E-state index contributed by atoms with van der Waals surface area (Å²) >= 11 is 0. The van der Waals surface area contributed by atoms with Crippen molar-refractivity contribution in [3.05, 3.63) is 54.7 Å². The number of hydrogen-bond acceptors (Lipinski definition) is 4. The Labute approximate surface area is 133 Å². The van der Waals surface area contributed by atoms with Gasteiger partial charge in [0, 0.05) is 30.8 Å². The predicted octanol–water partition coefficient (Wildman–Crippen LogP) is 1.67. The predicted molar refractivity (Wildman–Crippen MR) is 91.4 cm³/mol. The molecule has 116 valence electrons. The topological polar surface area (TPSA) is 62.5 Å². The normalized spacial score (nSPS) is 10.8. The quantitative estimate of drug-likeness (QED) is 0.556. The third kappa shape index (κ3) is 3.03.